The van der Waals surface area contributed by atoms with Crippen molar-refractivity contribution in [1.82, 2.24) is 9.97 Å². The Kier molecular flexibility index (Phi) is 11.2. The average molecular weight is 879 g/mol. The molecule has 0 atom stereocenters. The summed E-state index contributed by atoms with van der Waals surface area (Å²) < 4.78 is 2.59. The Balaban J connectivity index is 0.000000211. The molecule has 4 aromatic carbocycles. The molecule has 1 saturated carbocycles. The van der Waals surface area contributed by atoms with Gasteiger partial charge in [-0.05, 0) is 75.5 Å². The molecule has 0 saturated heterocycles. The van der Waals surface area contributed by atoms with Crippen LogP contribution in [-0.2, 0) is 25.5 Å². The normalized spacial score (nSPS) is 13.5. The molecule has 5 heteroatoms. The third kappa shape index (κ3) is 7.73. The van der Waals surface area contributed by atoms with E-state index in [0.717, 1.165) is 28.4 Å². The molecule has 0 amide bonds. The van der Waals surface area contributed by atoms with Crippen molar-refractivity contribution in [3.8, 4) is 33.6 Å². The summed E-state index contributed by atoms with van der Waals surface area (Å²) in [7, 11) is -1.27. The Hall–Kier alpha value is -3.73. The topological polar surface area (TPSA) is 25.8 Å². The van der Waals surface area contributed by atoms with Crippen LogP contribution in [0.15, 0.2) is 116 Å². The molecule has 8 rings (SSSR count). The van der Waals surface area contributed by atoms with Crippen molar-refractivity contribution < 1.29 is 20.1 Å². The number of rotatable bonds is 6. The number of fused-ring (bicyclic) bond motifs is 3. The minimum absolute atomic E-state index is 0. The molecular weight excluding hydrogens is 833 g/mol. The summed E-state index contributed by atoms with van der Waals surface area (Å²) in [6.07, 6.45) is 9.45. The van der Waals surface area contributed by atoms with Crippen molar-refractivity contribution in [2.45, 2.75) is 71.5 Å². The zero-order valence-corrected chi connectivity index (χ0v) is 34.7. The molecule has 0 bridgehead atoms. The van der Waals surface area contributed by atoms with Gasteiger partial charge < -0.3 is 9.97 Å². The smallest absolute Gasteiger partial charge is 0.0798 e. The fourth-order valence-corrected chi connectivity index (χ4v) is 10.6. The molecule has 261 valence electrons. The Labute approximate surface area is 322 Å². The first-order valence-electron chi connectivity index (χ1n) is 17.9. The van der Waals surface area contributed by atoms with Crippen molar-refractivity contribution in [2.24, 2.45) is 5.92 Å². The molecule has 0 aliphatic heterocycles. The summed E-state index contributed by atoms with van der Waals surface area (Å²) in [5, 5.41) is 4.07. The van der Waals surface area contributed by atoms with Crippen LogP contribution in [0.4, 0.5) is 0 Å². The molecule has 1 aliphatic rings. The number of hydrogen-bond acceptors (Lipinski definition) is 3. The molecule has 2 nitrogen and oxygen atoms in total. The third-order valence-corrected chi connectivity index (χ3v) is 13.9. The van der Waals surface area contributed by atoms with E-state index in [-0.39, 0.29) is 25.5 Å². The van der Waals surface area contributed by atoms with Gasteiger partial charge in [-0.15, -0.1) is 53.6 Å². The first-order chi connectivity index (χ1) is 24.1. The van der Waals surface area contributed by atoms with Crippen molar-refractivity contribution in [2.75, 3.05) is 0 Å². The Morgan fingerprint density at radius 1 is 0.804 bits per heavy atom. The maximum Gasteiger partial charge on any atom is 0.0798 e. The monoisotopic (exact) mass is 879 g/mol. The molecule has 0 N–H and O–H groups in total. The summed E-state index contributed by atoms with van der Waals surface area (Å²) in [5.74, 6) is 0.751. The number of hydrogen-bond donors (Lipinski definition) is 0. The van der Waals surface area contributed by atoms with Gasteiger partial charge in [0.25, 0.3) is 0 Å². The number of pyridine rings is 2. The zero-order chi connectivity index (χ0) is 34.9. The van der Waals surface area contributed by atoms with Crippen LogP contribution in [0.5, 0.6) is 0 Å². The number of benzene rings is 4. The molecule has 1 fully saturated rings. The van der Waals surface area contributed by atoms with Gasteiger partial charge in [-0.2, -0.15) is 11.3 Å². The van der Waals surface area contributed by atoms with E-state index >= 15 is 0 Å². The minimum atomic E-state index is -1.27. The molecule has 7 aromatic rings. The number of aryl methyl sites for hydroxylation is 1. The third-order valence-electron chi connectivity index (χ3n) is 10.6. The van der Waals surface area contributed by atoms with E-state index in [2.05, 4.69) is 149 Å². The summed E-state index contributed by atoms with van der Waals surface area (Å²) in [4.78, 5) is 9.43. The fraction of sp³-hybridized carbons (Fsp3) is 0.261. The van der Waals surface area contributed by atoms with Gasteiger partial charge in [0.05, 0.1) is 8.07 Å². The summed E-state index contributed by atoms with van der Waals surface area (Å²) >= 11 is 1.86. The van der Waals surface area contributed by atoms with Gasteiger partial charge in [0.1, 0.15) is 0 Å². The van der Waals surface area contributed by atoms with E-state index in [1.807, 2.05) is 35.7 Å². The van der Waals surface area contributed by atoms with Gasteiger partial charge >= 0.3 is 0 Å². The van der Waals surface area contributed by atoms with Gasteiger partial charge in [0, 0.05) is 37.2 Å². The number of aromatic nitrogens is 2. The van der Waals surface area contributed by atoms with E-state index in [1.165, 1.54) is 73.3 Å². The summed E-state index contributed by atoms with van der Waals surface area (Å²) in [6, 6.07) is 43.2. The van der Waals surface area contributed by atoms with Gasteiger partial charge in [0.15, 0.2) is 0 Å². The first-order valence-corrected chi connectivity index (χ1v) is 22.3. The second kappa shape index (κ2) is 15.5. The zero-order valence-electron chi connectivity index (χ0n) is 30.5. The second-order valence-electron chi connectivity index (χ2n) is 15.3. The standard InChI is InChI=1S/C31H28NS.C15H18NSi.Ir/c1-31(2,22-12-6-7-13-22)23-18-19-32-27(20-23)25-17-16-24(21-10-4-3-5-11-21)29-26-14-8-9-15-28(26)33-30(25)29;1-12-10-14(13-8-6-5-7-9-13)16-11-15(12)17(2,3)4;/h3-5,8-11,14-16,18-20,22H,6-7,12-13H2,1-2H3;5-8,10-11H,1-4H3;/q2*-1;. The number of thiophene rings is 1. The van der Waals surface area contributed by atoms with Crippen LogP contribution < -0.4 is 5.19 Å². The Morgan fingerprint density at radius 3 is 2.24 bits per heavy atom. The van der Waals surface area contributed by atoms with Crippen LogP contribution in [0.1, 0.15) is 50.7 Å². The van der Waals surface area contributed by atoms with Crippen LogP contribution in [-0.4, -0.2) is 18.0 Å². The van der Waals surface area contributed by atoms with Gasteiger partial charge in [-0.25, -0.2) is 0 Å². The molecule has 0 unspecified atom stereocenters. The maximum absolute atomic E-state index is 4.85. The average Bonchev–Trinajstić information content (AvgIpc) is 3.82. The van der Waals surface area contributed by atoms with E-state index in [1.54, 1.807) is 0 Å². The molecule has 1 radical (unpaired) electrons. The van der Waals surface area contributed by atoms with Crippen LogP contribution >= 0.6 is 11.3 Å². The quantitative estimate of drug-likeness (QED) is 0.123. The number of nitrogens with zero attached hydrogens (tertiary/aromatic N) is 2. The Bertz CT molecular complexity index is 2250. The van der Waals surface area contributed by atoms with Crippen molar-refractivity contribution in [1.29, 1.82) is 0 Å². The molecule has 1 aliphatic carbocycles. The fourth-order valence-electron chi connectivity index (χ4n) is 7.70. The second-order valence-corrected chi connectivity index (χ2v) is 21.4. The van der Waals surface area contributed by atoms with E-state index in [0.29, 0.717) is 0 Å². The first kappa shape index (κ1) is 37.0. The van der Waals surface area contributed by atoms with Crippen molar-refractivity contribution >= 4 is 44.8 Å². The molecular formula is C46H46IrN2SSi-2. The van der Waals surface area contributed by atoms with Crippen molar-refractivity contribution in [3.05, 3.63) is 139 Å². The molecule has 0 spiro atoms. The SMILES string of the molecule is CC(C)(c1ccnc(-c2[c-]cc(-c3ccccc3)c3c2sc2ccccc23)c1)C1CCCC1.Cc1cc(-c2[c-]cccc2)ncc1[Si](C)(C)C.[Ir]. The summed E-state index contributed by atoms with van der Waals surface area (Å²) in [5.41, 5.74) is 9.64. The van der Waals surface area contributed by atoms with Crippen LogP contribution in [0, 0.1) is 25.0 Å². The van der Waals surface area contributed by atoms with Crippen LogP contribution in [0.2, 0.25) is 19.6 Å². The van der Waals surface area contributed by atoms with E-state index < -0.39 is 8.07 Å². The van der Waals surface area contributed by atoms with Gasteiger partial charge in [0.2, 0.25) is 0 Å². The van der Waals surface area contributed by atoms with Gasteiger partial charge in [-0.3, -0.25) is 0 Å². The molecule has 51 heavy (non-hydrogen) atoms. The van der Waals surface area contributed by atoms with E-state index in [9.17, 15) is 0 Å². The summed E-state index contributed by atoms with van der Waals surface area (Å²) in [6.45, 7) is 14.1. The van der Waals surface area contributed by atoms with Crippen LogP contribution in [0.3, 0.4) is 0 Å². The molecule has 3 heterocycles. The van der Waals surface area contributed by atoms with E-state index in [4.69, 9.17) is 4.98 Å². The largest absolute Gasteiger partial charge is 0.305 e. The predicted octanol–water partition coefficient (Wildman–Crippen LogP) is 12.5. The predicted molar refractivity (Wildman–Crippen MR) is 218 cm³/mol. The molecule has 3 aromatic heterocycles. The minimum Gasteiger partial charge on any atom is -0.305 e. The van der Waals surface area contributed by atoms with Crippen molar-refractivity contribution in [3.63, 3.8) is 0 Å². The van der Waals surface area contributed by atoms with Crippen LogP contribution in [0.25, 0.3) is 53.8 Å². The Morgan fingerprint density at radius 2 is 1.53 bits per heavy atom. The van der Waals surface area contributed by atoms with Gasteiger partial charge in [-0.1, -0.05) is 129 Å². The maximum atomic E-state index is 4.85.